The second kappa shape index (κ2) is 6.65. The fourth-order valence-electron chi connectivity index (χ4n) is 1.84. The first-order valence-corrected chi connectivity index (χ1v) is 6.31. The quantitative estimate of drug-likeness (QED) is 0.940. The topological polar surface area (TPSA) is 65.0 Å². The summed E-state index contributed by atoms with van der Waals surface area (Å²) in [5, 5.41) is 8.55. The van der Waals surface area contributed by atoms with Gasteiger partial charge < -0.3 is 19.3 Å². The van der Waals surface area contributed by atoms with E-state index in [4.69, 9.17) is 19.3 Å². The number of carbonyl (C=O) groups is 1. The smallest absolute Gasteiger partial charge is 0.335 e. The number of hydrogen-bond acceptors (Lipinski definition) is 4. The van der Waals surface area contributed by atoms with E-state index >= 15 is 0 Å². The van der Waals surface area contributed by atoms with Gasteiger partial charge in [0.25, 0.3) is 0 Å². The monoisotopic (exact) mass is 288 g/mol. The van der Waals surface area contributed by atoms with Crippen molar-refractivity contribution in [1.29, 1.82) is 0 Å². The van der Waals surface area contributed by atoms with Crippen molar-refractivity contribution < 1.29 is 24.1 Å². The zero-order valence-corrected chi connectivity index (χ0v) is 11.8. The van der Waals surface area contributed by atoms with Crippen molar-refractivity contribution in [3.05, 3.63) is 53.6 Å². The molecule has 0 aliphatic carbocycles. The van der Waals surface area contributed by atoms with Crippen LogP contribution in [0.4, 0.5) is 0 Å². The molecule has 2 aliphatic rings. The Labute approximate surface area is 122 Å². The lowest BCUT2D eigenvalue weighted by atomic mass is 10.2. The fourth-order valence-corrected chi connectivity index (χ4v) is 1.84. The van der Waals surface area contributed by atoms with Crippen molar-refractivity contribution in [3.8, 4) is 17.2 Å². The Bertz CT molecular complexity index is 636. The molecule has 21 heavy (non-hydrogen) atoms. The van der Waals surface area contributed by atoms with Crippen molar-refractivity contribution in [2.24, 2.45) is 0 Å². The first-order chi connectivity index (χ1) is 10.1. The van der Waals surface area contributed by atoms with Gasteiger partial charge in [-0.15, -0.1) is 0 Å². The standard InChI is InChI=1S/C8H8O3.C8H8O2/c1-11-7-4-2-3-6(5-7)8(9)10;1-9-8-4-6-2-3-7(8)10-5-6/h2-5H,1H3,(H,9,10);2-4H,5H2,1H3. The van der Waals surface area contributed by atoms with Crippen LogP contribution in [0.25, 0.3) is 0 Å². The van der Waals surface area contributed by atoms with Gasteiger partial charge in [0.05, 0.1) is 19.8 Å². The first-order valence-electron chi connectivity index (χ1n) is 6.31. The third kappa shape index (κ3) is 3.66. The number of benzene rings is 2. The zero-order valence-electron chi connectivity index (χ0n) is 11.8. The molecule has 0 atom stereocenters. The van der Waals surface area contributed by atoms with E-state index in [1.807, 2.05) is 18.2 Å². The average Bonchev–Trinajstić information content (AvgIpc) is 2.56. The van der Waals surface area contributed by atoms with Gasteiger partial charge in [0.2, 0.25) is 0 Å². The molecule has 2 aromatic rings. The van der Waals surface area contributed by atoms with Gasteiger partial charge >= 0.3 is 5.97 Å². The predicted octanol–water partition coefficient (Wildman–Crippen LogP) is 2.98. The van der Waals surface area contributed by atoms with Gasteiger partial charge in [0.1, 0.15) is 12.4 Å². The van der Waals surface area contributed by atoms with Gasteiger partial charge in [0.15, 0.2) is 11.5 Å². The Kier molecular flexibility index (Phi) is 4.66. The highest BCUT2D eigenvalue weighted by atomic mass is 16.5. The summed E-state index contributed by atoms with van der Waals surface area (Å²) in [5.74, 6) is 1.30. The molecule has 2 aromatic carbocycles. The number of rotatable bonds is 3. The number of carboxylic acids is 1. The summed E-state index contributed by atoms with van der Waals surface area (Å²) in [6, 6.07) is 12.3. The molecule has 0 unspecified atom stereocenters. The molecular formula is C16H16O5. The molecule has 0 saturated carbocycles. The van der Waals surface area contributed by atoms with Gasteiger partial charge in [-0.25, -0.2) is 4.79 Å². The molecule has 110 valence electrons. The number of methoxy groups -OCH3 is 2. The molecule has 5 nitrogen and oxygen atoms in total. The Balaban J connectivity index is 0.000000154. The van der Waals surface area contributed by atoms with E-state index in [0.717, 1.165) is 11.5 Å². The molecule has 0 radical (unpaired) electrons. The van der Waals surface area contributed by atoms with Crippen molar-refractivity contribution in [2.45, 2.75) is 6.61 Å². The number of aromatic carboxylic acids is 1. The minimum Gasteiger partial charge on any atom is -0.497 e. The summed E-state index contributed by atoms with van der Waals surface area (Å²) in [5.41, 5.74) is 1.41. The fraction of sp³-hybridized carbons (Fsp3) is 0.188. The first kappa shape index (κ1) is 14.7. The Morgan fingerprint density at radius 3 is 2.38 bits per heavy atom. The molecule has 2 bridgehead atoms. The van der Waals surface area contributed by atoms with Crippen molar-refractivity contribution in [3.63, 3.8) is 0 Å². The summed E-state index contributed by atoms with van der Waals surface area (Å²) in [7, 11) is 3.15. The lowest BCUT2D eigenvalue weighted by molar-refractivity contribution is 0.0696. The third-order valence-corrected chi connectivity index (χ3v) is 2.94. The van der Waals surface area contributed by atoms with Crippen LogP contribution in [-0.2, 0) is 6.61 Å². The zero-order chi connectivity index (χ0) is 15.2. The molecule has 1 N–H and O–H groups in total. The van der Waals surface area contributed by atoms with Crippen LogP contribution in [0.15, 0.2) is 42.5 Å². The van der Waals surface area contributed by atoms with Gasteiger partial charge in [-0.05, 0) is 35.9 Å². The van der Waals surface area contributed by atoms with Crippen molar-refractivity contribution in [1.82, 2.24) is 0 Å². The molecule has 0 spiro atoms. The second-order valence-electron chi connectivity index (χ2n) is 4.31. The van der Waals surface area contributed by atoms with E-state index < -0.39 is 5.97 Å². The maximum absolute atomic E-state index is 10.4. The summed E-state index contributed by atoms with van der Waals surface area (Å²) >= 11 is 0. The Morgan fingerprint density at radius 1 is 1.14 bits per heavy atom. The molecular weight excluding hydrogens is 272 g/mol. The number of carboxylic acid groups (broad SMARTS) is 1. The third-order valence-electron chi connectivity index (χ3n) is 2.94. The van der Waals surface area contributed by atoms with Crippen molar-refractivity contribution >= 4 is 5.97 Å². The van der Waals surface area contributed by atoms with Gasteiger partial charge in [-0.2, -0.15) is 0 Å². The van der Waals surface area contributed by atoms with E-state index in [9.17, 15) is 4.79 Å². The number of hydrogen-bond donors (Lipinski definition) is 1. The summed E-state index contributed by atoms with van der Waals surface area (Å²) in [6.45, 7) is 0.693. The molecule has 2 heterocycles. The summed E-state index contributed by atoms with van der Waals surface area (Å²) in [6.07, 6.45) is 0. The molecule has 0 saturated heterocycles. The number of fused-ring (bicyclic) bond motifs is 3. The Morgan fingerprint density at radius 2 is 1.95 bits per heavy atom. The Hall–Kier alpha value is -2.69. The molecule has 0 amide bonds. The molecule has 4 rings (SSSR count). The molecule has 0 aromatic heterocycles. The molecule has 0 fully saturated rings. The van der Waals surface area contributed by atoms with Crippen molar-refractivity contribution in [2.75, 3.05) is 14.2 Å². The number of ether oxygens (including phenoxy) is 3. The van der Waals surface area contributed by atoms with Crippen LogP contribution >= 0.6 is 0 Å². The van der Waals surface area contributed by atoms with E-state index in [1.165, 1.54) is 24.8 Å². The highest BCUT2D eigenvalue weighted by Gasteiger charge is 2.11. The van der Waals surface area contributed by atoms with E-state index in [2.05, 4.69) is 0 Å². The van der Waals surface area contributed by atoms with Gasteiger partial charge in [-0.1, -0.05) is 12.1 Å². The second-order valence-corrected chi connectivity index (χ2v) is 4.31. The predicted molar refractivity (Wildman–Crippen MR) is 77.3 cm³/mol. The van der Waals surface area contributed by atoms with Crippen LogP contribution in [-0.4, -0.2) is 25.3 Å². The minimum absolute atomic E-state index is 0.240. The van der Waals surface area contributed by atoms with Crippen LogP contribution in [0.2, 0.25) is 0 Å². The lowest BCUT2D eigenvalue weighted by Gasteiger charge is -2.17. The SMILES string of the molecule is COc1cc2ccc1OC2.COc1cccc(C(=O)O)c1. The highest BCUT2D eigenvalue weighted by molar-refractivity contribution is 5.87. The van der Waals surface area contributed by atoms with Crippen LogP contribution in [0.5, 0.6) is 17.2 Å². The van der Waals surface area contributed by atoms with E-state index in [1.54, 1.807) is 19.2 Å². The largest absolute Gasteiger partial charge is 0.497 e. The van der Waals surface area contributed by atoms with Gasteiger partial charge in [-0.3, -0.25) is 0 Å². The van der Waals surface area contributed by atoms with Crippen LogP contribution in [0.1, 0.15) is 15.9 Å². The normalized spacial score (nSPS) is 11.0. The maximum atomic E-state index is 10.4. The average molecular weight is 288 g/mol. The lowest BCUT2D eigenvalue weighted by Crippen LogP contribution is -2.03. The minimum atomic E-state index is -0.941. The van der Waals surface area contributed by atoms with E-state index in [0.29, 0.717) is 12.4 Å². The molecule has 2 aliphatic heterocycles. The molecule has 5 heteroatoms. The van der Waals surface area contributed by atoms with E-state index in [-0.39, 0.29) is 5.56 Å². The summed E-state index contributed by atoms with van der Waals surface area (Å²) in [4.78, 5) is 10.4. The van der Waals surface area contributed by atoms with Crippen LogP contribution < -0.4 is 14.2 Å². The summed E-state index contributed by atoms with van der Waals surface area (Å²) < 4.78 is 15.2. The maximum Gasteiger partial charge on any atom is 0.335 e. The van der Waals surface area contributed by atoms with Crippen LogP contribution in [0.3, 0.4) is 0 Å². The van der Waals surface area contributed by atoms with Crippen LogP contribution in [0, 0.1) is 0 Å². The van der Waals surface area contributed by atoms with Gasteiger partial charge in [0, 0.05) is 0 Å². The highest BCUT2D eigenvalue weighted by Crippen LogP contribution is 2.32.